The number of thiophene rings is 1. The summed E-state index contributed by atoms with van der Waals surface area (Å²) in [6.07, 6.45) is 4.65. The first-order valence-electron chi connectivity index (χ1n) is 16.6. The van der Waals surface area contributed by atoms with Crippen LogP contribution in [0.3, 0.4) is 0 Å². The molecule has 0 unspecified atom stereocenters. The van der Waals surface area contributed by atoms with Crippen molar-refractivity contribution >= 4 is 40.3 Å². The Kier molecular flexibility index (Phi) is 7.64. The number of nitrogens with zero attached hydrogens (tertiary/aromatic N) is 4. The number of aryl methyl sites for hydroxylation is 3. The largest absolute Gasteiger partial charge is 0.381 e. The lowest BCUT2D eigenvalue weighted by Gasteiger charge is -2.53. The number of ether oxygens (including phenoxy) is 1. The molecule has 0 atom stereocenters. The molecule has 2 saturated heterocycles. The average Bonchev–Trinajstić information content (AvgIpc) is 3.62. The van der Waals surface area contributed by atoms with Gasteiger partial charge in [-0.2, -0.15) is 0 Å². The number of carbonyl (C=O) groups excluding carboxylic acids is 2. The number of anilines is 3. The van der Waals surface area contributed by atoms with E-state index in [9.17, 15) is 9.59 Å². The molecular formula is C38H38N6O3S. The molecule has 1 spiro atoms. The number of H-pyrrole nitrogens is 1. The van der Waals surface area contributed by atoms with Crippen LogP contribution in [0, 0.1) is 26.2 Å². The number of pyridine rings is 1. The maximum absolute atomic E-state index is 14.0. The van der Waals surface area contributed by atoms with E-state index >= 15 is 0 Å². The van der Waals surface area contributed by atoms with Gasteiger partial charge in [0.15, 0.2) is 0 Å². The number of imidazole rings is 1. The van der Waals surface area contributed by atoms with Crippen molar-refractivity contribution in [3.8, 4) is 21.1 Å². The maximum Gasteiger partial charge on any atom is 0.259 e. The van der Waals surface area contributed by atoms with Crippen molar-refractivity contribution in [2.24, 2.45) is 5.41 Å². The summed E-state index contributed by atoms with van der Waals surface area (Å²) in [6, 6.07) is 19.4. The third-order valence-corrected chi connectivity index (χ3v) is 11.2. The number of carbonyl (C=O) groups is 2. The van der Waals surface area contributed by atoms with Crippen LogP contribution in [0.1, 0.15) is 56.1 Å². The van der Waals surface area contributed by atoms with Crippen LogP contribution in [0.15, 0.2) is 66.9 Å². The number of para-hydroxylation sites is 1. The van der Waals surface area contributed by atoms with E-state index < -0.39 is 0 Å². The monoisotopic (exact) mass is 658 g/mol. The van der Waals surface area contributed by atoms with Crippen molar-refractivity contribution in [2.45, 2.75) is 40.0 Å². The Hall–Kier alpha value is -4.80. The number of aromatic nitrogens is 3. The summed E-state index contributed by atoms with van der Waals surface area (Å²) in [4.78, 5) is 46.7. The molecule has 0 bridgehead atoms. The number of nitrogens with one attached hydrogen (secondary N) is 2. The number of fused-ring (bicyclic) bond motifs is 3. The van der Waals surface area contributed by atoms with Crippen molar-refractivity contribution in [1.82, 2.24) is 15.0 Å². The van der Waals surface area contributed by atoms with Gasteiger partial charge in [-0.3, -0.25) is 9.59 Å². The normalized spacial score (nSPS) is 16.6. The van der Waals surface area contributed by atoms with Crippen molar-refractivity contribution in [2.75, 3.05) is 48.0 Å². The fourth-order valence-electron chi connectivity index (χ4n) is 7.15. The summed E-state index contributed by atoms with van der Waals surface area (Å²) in [5, 5.41) is 3.05. The Balaban J connectivity index is 0.993. The highest BCUT2D eigenvalue weighted by Gasteiger charge is 2.45. The lowest BCUT2D eigenvalue weighted by molar-refractivity contribution is -0.000510. The molecule has 8 rings (SSSR count). The first kappa shape index (κ1) is 30.5. The van der Waals surface area contributed by atoms with E-state index in [4.69, 9.17) is 9.72 Å². The lowest BCUT2D eigenvalue weighted by Crippen LogP contribution is -2.59. The van der Waals surface area contributed by atoms with Gasteiger partial charge >= 0.3 is 0 Å². The second-order valence-corrected chi connectivity index (χ2v) is 14.4. The molecule has 0 saturated carbocycles. The molecule has 48 heavy (non-hydrogen) atoms. The van der Waals surface area contributed by atoms with Crippen LogP contribution in [0.5, 0.6) is 0 Å². The quantitative estimate of drug-likeness (QED) is 0.207. The van der Waals surface area contributed by atoms with Gasteiger partial charge in [-0.15, -0.1) is 11.3 Å². The van der Waals surface area contributed by atoms with Crippen LogP contribution in [0.25, 0.3) is 21.1 Å². The smallest absolute Gasteiger partial charge is 0.259 e. The number of hydrogen-bond donors (Lipinski definition) is 2. The first-order chi connectivity index (χ1) is 23.3. The zero-order chi connectivity index (χ0) is 33.0. The maximum atomic E-state index is 14.0. The summed E-state index contributed by atoms with van der Waals surface area (Å²) >= 11 is 1.71. The minimum Gasteiger partial charge on any atom is -0.381 e. The molecule has 9 nitrogen and oxygen atoms in total. The molecule has 3 aliphatic heterocycles. The standard InChI is InChI=1S/C38H38N6O3S/c1-23-18-30(35(39-20-23)43-21-38(22-43)13-16-47-17-14-38)36(45)42-28-10-8-26(9-11-28)37(46)44-15-12-27-19-32(34-40-24(2)25(3)41-34)48-33(27)29-6-4-5-7-31(29)44/h4-11,18-20H,12-17,21-22H2,1-3H3,(H,40,41)(H,42,45). The molecule has 2 aromatic carbocycles. The molecule has 2 amide bonds. The predicted molar refractivity (Wildman–Crippen MR) is 190 cm³/mol. The van der Waals surface area contributed by atoms with E-state index in [-0.39, 0.29) is 17.2 Å². The number of aromatic amines is 1. The molecule has 10 heteroatoms. The molecule has 2 N–H and O–H groups in total. The van der Waals surface area contributed by atoms with E-state index in [0.717, 1.165) is 90.3 Å². The molecule has 3 aliphatic rings. The zero-order valence-corrected chi connectivity index (χ0v) is 28.2. The van der Waals surface area contributed by atoms with E-state index in [2.05, 4.69) is 32.3 Å². The SMILES string of the molecule is Cc1cnc(N2CC3(CCOCC3)C2)c(C(=O)Nc2ccc(C(=O)N3CCc4cc(-c5nc(C)c(C)[nH]5)sc4-c4ccccc43)cc2)c1. The van der Waals surface area contributed by atoms with Crippen molar-refractivity contribution in [1.29, 1.82) is 0 Å². The average molecular weight is 659 g/mol. The zero-order valence-electron chi connectivity index (χ0n) is 27.4. The second-order valence-electron chi connectivity index (χ2n) is 13.4. The Morgan fingerprint density at radius 1 is 1.00 bits per heavy atom. The number of hydrogen-bond acceptors (Lipinski definition) is 7. The Bertz CT molecular complexity index is 2010. The first-order valence-corrected chi connectivity index (χ1v) is 17.4. The van der Waals surface area contributed by atoms with Crippen LogP contribution in [0.4, 0.5) is 17.2 Å². The van der Waals surface area contributed by atoms with E-state index in [1.807, 2.05) is 56.1 Å². The third-order valence-electron chi connectivity index (χ3n) is 10.0. The number of rotatable bonds is 5. The van der Waals surface area contributed by atoms with Gasteiger partial charge in [-0.1, -0.05) is 18.2 Å². The molecule has 0 aliphatic carbocycles. The van der Waals surface area contributed by atoms with Crippen LogP contribution in [-0.2, 0) is 11.2 Å². The van der Waals surface area contributed by atoms with Gasteiger partial charge in [0, 0.05) is 71.8 Å². The summed E-state index contributed by atoms with van der Waals surface area (Å²) in [5.41, 5.74) is 8.19. The molecule has 2 fully saturated rings. The van der Waals surface area contributed by atoms with Gasteiger partial charge in [-0.25, -0.2) is 9.97 Å². The van der Waals surface area contributed by atoms with Gasteiger partial charge in [0.2, 0.25) is 0 Å². The summed E-state index contributed by atoms with van der Waals surface area (Å²) in [5.74, 6) is 1.33. The highest BCUT2D eigenvalue weighted by atomic mass is 32.1. The Morgan fingerprint density at radius 2 is 1.77 bits per heavy atom. The van der Waals surface area contributed by atoms with Gasteiger partial charge in [0.25, 0.3) is 11.8 Å². The lowest BCUT2D eigenvalue weighted by atomic mass is 9.73. The number of amides is 2. The van der Waals surface area contributed by atoms with Gasteiger partial charge in [0.05, 0.1) is 21.8 Å². The fourth-order valence-corrected chi connectivity index (χ4v) is 8.34. The van der Waals surface area contributed by atoms with Crippen molar-refractivity contribution in [3.05, 3.63) is 101 Å². The van der Waals surface area contributed by atoms with Crippen LogP contribution in [-0.4, -0.2) is 59.6 Å². The Morgan fingerprint density at radius 3 is 2.52 bits per heavy atom. The van der Waals surface area contributed by atoms with E-state index in [1.165, 1.54) is 10.4 Å². The molecule has 6 heterocycles. The van der Waals surface area contributed by atoms with Crippen LogP contribution >= 0.6 is 11.3 Å². The molecular weight excluding hydrogens is 621 g/mol. The fraction of sp³-hybridized carbons (Fsp3) is 0.316. The molecule has 5 aromatic rings. The van der Waals surface area contributed by atoms with Crippen LogP contribution in [0.2, 0.25) is 0 Å². The minimum atomic E-state index is -0.208. The van der Waals surface area contributed by atoms with E-state index in [1.54, 1.807) is 35.6 Å². The topological polar surface area (TPSA) is 103 Å². The summed E-state index contributed by atoms with van der Waals surface area (Å²) in [7, 11) is 0. The second kappa shape index (κ2) is 12.0. The van der Waals surface area contributed by atoms with Gasteiger partial charge in [0.1, 0.15) is 11.6 Å². The Labute approximate surface area is 284 Å². The predicted octanol–water partition coefficient (Wildman–Crippen LogP) is 7.20. The highest BCUT2D eigenvalue weighted by Crippen LogP contribution is 2.45. The highest BCUT2D eigenvalue weighted by molar-refractivity contribution is 7.19. The summed E-state index contributed by atoms with van der Waals surface area (Å²) < 4.78 is 5.57. The molecule has 244 valence electrons. The van der Waals surface area contributed by atoms with Crippen LogP contribution < -0.4 is 15.1 Å². The minimum absolute atomic E-state index is 0.0713. The summed E-state index contributed by atoms with van der Waals surface area (Å²) in [6.45, 7) is 9.94. The molecule has 3 aromatic heterocycles. The van der Waals surface area contributed by atoms with Crippen molar-refractivity contribution < 1.29 is 14.3 Å². The third kappa shape index (κ3) is 5.48. The van der Waals surface area contributed by atoms with Crippen molar-refractivity contribution in [3.63, 3.8) is 0 Å². The number of benzene rings is 2. The molecule has 0 radical (unpaired) electrons. The van der Waals surface area contributed by atoms with E-state index in [0.29, 0.717) is 23.4 Å². The van der Waals surface area contributed by atoms with Gasteiger partial charge in [-0.05, 0) is 93.6 Å². The van der Waals surface area contributed by atoms with Gasteiger partial charge < -0.3 is 24.8 Å².